The first kappa shape index (κ1) is 28.0. The van der Waals surface area contributed by atoms with Crippen LogP contribution in [0.4, 0.5) is 0 Å². The second-order valence-corrected chi connectivity index (χ2v) is 7.18. The highest BCUT2D eigenvalue weighted by molar-refractivity contribution is 7.80. The maximum absolute atomic E-state index is 12.5. The SMILES string of the molecule is NCCCCC(N)C(=O)NC(CC(N)=O)C(=O)NC(CS)C(=O)NC(CS)C(=O)O. The predicted octanol–water partition coefficient (Wildman–Crippen LogP) is -3.28. The normalized spacial score (nSPS) is 14.7. The van der Waals surface area contributed by atoms with Crippen LogP contribution in [0.1, 0.15) is 25.7 Å². The lowest BCUT2D eigenvalue weighted by Crippen LogP contribution is -2.58. The van der Waals surface area contributed by atoms with Crippen molar-refractivity contribution in [3.63, 3.8) is 0 Å². The number of hydrogen-bond donors (Lipinski definition) is 9. The van der Waals surface area contributed by atoms with E-state index >= 15 is 0 Å². The van der Waals surface area contributed by atoms with E-state index in [0.717, 1.165) is 0 Å². The average Bonchev–Trinajstić information content (AvgIpc) is 2.68. The van der Waals surface area contributed by atoms with Gasteiger partial charge in [0, 0.05) is 11.5 Å². The molecule has 0 aromatic rings. The Bertz CT molecular complexity index is 623. The van der Waals surface area contributed by atoms with Gasteiger partial charge in [-0.25, -0.2) is 4.79 Å². The molecule has 0 aliphatic heterocycles. The standard InChI is InChI=1S/C16H30N6O6S2/c17-4-2-1-3-8(18)13(24)20-9(5-12(19)23)14(25)21-10(6-29)15(26)22-11(7-30)16(27)28/h8-11,29-30H,1-7,17-18H2,(H2,19,23)(H,20,24)(H,21,25)(H,22,26)(H,27,28). The maximum atomic E-state index is 12.5. The third-order valence-electron chi connectivity index (χ3n) is 3.96. The fraction of sp³-hybridized carbons (Fsp3) is 0.688. The van der Waals surface area contributed by atoms with Crippen molar-refractivity contribution in [3.05, 3.63) is 0 Å². The van der Waals surface area contributed by atoms with Gasteiger partial charge in [0.25, 0.3) is 0 Å². The molecule has 14 heteroatoms. The van der Waals surface area contributed by atoms with E-state index in [1.807, 2.05) is 0 Å². The van der Waals surface area contributed by atoms with Gasteiger partial charge in [0.2, 0.25) is 23.6 Å². The topological polar surface area (TPSA) is 220 Å². The number of carboxylic acid groups (broad SMARTS) is 1. The molecule has 0 radical (unpaired) electrons. The monoisotopic (exact) mass is 466 g/mol. The third kappa shape index (κ3) is 10.7. The molecule has 0 saturated heterocycles. The van der Waals surface area contributed by atoms with Crippen LogP contribution in [0.3, 0.4) is 0 Å². The highest BCUT2D eigenvalue weighted by Gasteiger charge is 2.30. The Balaban J connectivity index is 5.10. The van der Waals surface area contributed by atoms with Gasteiger partial charge < -0.3 is 38.3 Å². The summed E-state index contributed by atoms with van der Waals surface area (Å²) in [6, 6.07) is -4.79. The molecule has 172 valence electrons. The van der Waals surface area contributed by atoms with Gasteiger partial charge in [0.15, 0.2) is 0 Å². The number of hydrogen-bond acceptors (Lipinski definition) is 9. The molecule has 0 aliphatic carbocycles. The van der Waals surface area contributed by atoms with E-state index in [1.165, 1.54) is 0 Å². The molecule has 4 unspecified atom stereocenters. The van der Waals surface area contributed by atoms with E-state index in [9.17, 15) is 24.0 Å². The first-order chi connectivity index (χ1) is 14.1. The summed E-state index contributed by atoms with van der Waals surface area (Å²) in [6.45, 7) is 0.449. The van der Waals surface area contributed by atoms with Gasteiger partial charge in [0.1, 0.15) is 18.1 Å². The number of amides is 4. The largest absolute Gasteiger partial charge is 0.480 e. The molecule has 0 aliphatic rings. The van der Waals surface area contributed by atoms with Crippen LogP contribution in [0.15, 0.2) is 0 Å². The van der Waals surface area contributed by atoms with Crippen molar-refractivity contribution in [1.29, 1.82) is 0 Å². The summed E-state index contributed by atoms with van der Waals surface area (Å²) < 4.78 is 0. The number of carbonyl (C=O) groups excluding carboxylic acids is 4. The van der Waals surface area contributed by atoms with Gasteiger partial charge >= 0.3 is 5.97 Å². The zero-order valence-corrected chi connectivity index (χ0v) is 18.2. The Morgan fingerprint density at radius 1 is 0.833 bits per heavy atom. The Labute approximate surface area is 185 Å². The number of unbranched alkanes of at least 4 members (excludes halogenated alkanes) is 1. The quantitative estimate of drug-likeness (QED) is 0.0877. The molecule has 0 spiro atoms. The summed E-state index contributed by atoms with van der Waals surface area (Å²) in [7, 11) is 0. The molecule has 0 bridgehead atoms. The van der Waals surface area contributed by atoms with Gasteiger partial charge in [-0.15, -0.1) is 0 Å². The van der Waals surface area contributed by atoms with Gasteiger partial charge in [-0.2, -0.15) is 25.3 Å². The zero-order valence-electron chi connectivity index (χ0n) is 16.4. The number of nitrogens with two attached hydrogens (primary N) is 3. The van der Waals surface area contributed by atoms with E-state index in [2.05, 4.69) is 41.2 Å². The number of carbonyl (C=O) groups is 5. The molecular formula is C16H30N6O6S2. The minimum atomic E-state index is -1.37. The molecule has 30 heavy (non-hydrogen) atoms. The summed E-state index contributed by atoms with van der Waals surface area (Å²) >= 11 is 7.81. The molecule has 0 aromatic carbocycles. The van der Waals surface area contributed by atoms with Crippen molar-refractivity contribution in [1.82, 2.24) is 16.0 Å². The Hall–Kier alpha value is -2.03. The second kappa shape index (κ2) is 14.9. The minimum absolute atomic E-state index is 0.170. The lowest BCUT2D eigenvalue weighted by molar-refractivity contribution is -0.141. The number of primary amides is 1. The predicted molar refractivity (Wildman–Crippen MR) is 116 cm³/mol. The van der Waals surface area contributed by atoms with E-state index in [0.29, 0.717) is 25.8 Å². The van der Waals surface area contributed by atoms with E-state index in [-0.39, 0.29) is 11.5 Å². The summed E-state index contributed by atoms with van der Waals surface area (Å²) in [6.07, 6.45) is 1.09. The number of thiol groups is 2. The van der Waals surface area contributed by atoms with Crippen LogP contribution in [0, 0.1) is 0 Å². The fourth-order valence-corrected chi connectivity index (χ4v) is 2.76. The van der Waals surface area contributed by atoms with Crippen LogP contribution in [-0.4, -0.2) is 76.9 Å². The van der Waals surface area contributed by atoms with Crippen LogP contribution >= 0.6 is 25.3 Å². The number of nitrogens with one attached hydrogen (secondary N) is 3. The van der Waals surface area contributed by atoms with Crippen LogP contribution < -0.4 is 33.2 Å². The first-order valence-corrected chi connectivity index (χ1v) is 10.4. The molecule has 4 atom stereocenters. The van der Waals surface area contributed by atoms with Crippen molar-refractivity contribution in [3.8, 4) is 0 Å². The van der Waals surface area contributed by atoms with E-state index < -0.39 is 60.2 Å². The fourth-order valence-electron chi connectivity index (χ4n) is 2.25. The zero-order chi connectivity index (χ0) is 23.3. The van der Waals surface area contributed by atoms with Gasteiger partial charge in [0.05, 0.1) is 12.5 Å². The van der Waals surface area contributed by atoms with Crippen LogP contribution in [0.5, 0.6) is 0 Å². The molecule has 0 saturated carbocycles. The van der Waals surface area contributed by atoms with Crippen molar-refractivity contribution >= 4 is 54.9 Å². The van der Waals surface area contributed by atoms with Gasteiger partial charge in [-0.3, -0.25) is 19.2 Å². The average molecular weight is 467 g/mol. The van der Waals surface area contributed by atoms with Crippen molar-refractivity contribution < 1.29 is 29.1 Å². The lowest BCUT2D eigenvalue weighted by Gasteiger charge is -2.23. The number of rotatable bonds is 15. The van der Waals surface area contributed by atoms with Crippen LogP contribution in [0.25, 0.3) is 0 Å². The smallest absolute Gasteiger partial charge is 0.327 e. The molecule has 10 N–H and O–H groups in total. The molecule has 4 amide bonds. The molecular weight excluding hydrogens is 436 g/mol. The van der Waals surface area contributed by atoms with E-state index in [1.54, 1.807) is 0 Å². The third-order valence-corrected chi connectivity index (χ3v) is 4.69. The highest BCUT2D eigenvalue weighted by Crippen LogP contribution is 2.02. The lowest BCUT2D eigenvalue weighted by atomic mass is 10.1. The summed E-state index contributed by atoms with van der Waals surface area (Å²) in [5.41, 5.74) is 16.3. The van der Waals surface area contributed by atoms with Gasteiger partial charge in [-0.1, -0.05) is 6.42 Å². The summed E-state index contributed by atoms with van der Waals surface area (Å²) in [4.78, 5) is 59.3. The highest BCUT2D eigenvalue weighted by atomic mass is 32.1. The molecule has 0 fully saturated rings. The van der Waals surface area contributed by atoms with Crippen LogP contribution in [-0.2, 0) is 24.0 Å². The maximum Gasteiger partial charge on any atom is 0.327 e. The van der Waals surface area contributed by atoms with Gasteiger partial charge in [-0.05, 0) is 19.4 Å². The Morgan fingerprint density at radius 3 is 1.80 bits per heavy atom. The summed E-state index contributed by atoms with van der Waals surface area (Å²) in [5.74, 6) is -4.86. The first-order valence-electron chi connectivity index (χ1n) is 9.16. The van der Waals surface area contributed by atoms with Crippen molar-refractivity contribution in [2.24, 2.45) is 17.2 Å². The Kier molecular flexibility index (Phi) is 13.9. The van der Waals surface area contributed by atoms with Crippen LogP contribution in [0.2, 0.25) is 0 Å². The van der Waals surface area contributed by atoms with Crippen molar-refractivity contribution in [2.45, 2.75) is 49.9 Å². The second-order valence-electron chi connectivity index (χ2n) is 6.45. The molecule has 0 heterocycles. The molecule has 0 aromatic heterocycles. The Morgan fingerprint density at radius 2 is 1.33 bits per heavy atom. The molecule has 12 nitrogen and oxygen atoms in total. The number of carboxylic acids is 1. The van der Waals surface area contributed by atoms with E-state index in [4.69, 9.17) is 22.3 Å². The number of aliphatic carboxylic acids is 1. The van der Waals surface area contributed by atoms with Crippen molar-refractivity contribution in [2.75, 3.05) is 18.1 Å². The molecule has 0 rings (SSSR count). The summed E-state index contributed by atoms with van der Waals surface area (Å²) in [5, 5.41) is 15.8. The minimum Gasteiger partial charge on any atom is -0.480 e.